The van der Waals surface area contributed by atoms with Gasteiger partial charge in [-0.15, -0.1) is 12.3 Å². The van der Waals surface area contributed by atoms with E-state index in [1.807, 2.05) is 0 Å². The molecule has 0 unspecified atom stereocenters. The number of urea groups is 1. The quantitative estimate of drug-likeness (QED) is 0.157. The van der Waals surface area contributed by atoms with Crippen molar-refractivity contribution in [1.82, 2.24) is 30.5 Å². The predicted octanol–water partition coefficient (Wildman–Crippen LogP) is 2.06. The van der Waals surface area contributed by atoms with Crippen molar-refractivity contribution in [1.29, 1.82) is 0 Å². The molecule has 1 heterocycles. The molecule has 0 spiro atoms. The summed E-state index contributed by atoms with van der Waals surface area (Å²) in [7, 11) is -0.668. The Labute approximate surface area is 297 Å². The van der Waals surface area contributed by atoms with Crippen molar-refractivity contribution in [2.45, 2.75) is 133 Å². The van der Waals surface area contributed by atoms with Crippen molar-refractivity contribution in [3.63, 3.8) is 0 Å². The van der Waals surface area contributed by atoms with Gasteiger partial charge in [-0.2, -0.15) is 0 Å². The molecule has 0 aromatic carbocycles. The minimum Gasteiger partial charge on any atom is -0.347 e. The average Bonchev–Trinajstić information content (AvgIpc) is 3.92. The van der Waals surface area contributed by atoms with E-state index in [4.69, 9.17) is 6.42 Å². The maximum Gasteiger partial charge on any atom is 0.315 e. The standard InChI is InChI=1S/C36H56N6O7S/c1-6-7-16-26(30(43)32(45)37-24-17-18-24)38-31(44)29-27-25(35(27,2)3)21-42(29)33(46)28(23-14-10-8-11-15-23)39-34(47)40-36(19-12-9-13-20-36)22-50(48,49)41(4)5/h1,23-29H,7-22H2,2-5H3,(H,37,45)(H,38,44)(H2,39,40,47)/t25-,26-,27-,28-,29-/m0/s1. The molecule has 13 nitrogen and oxygen atoms in total. The number of hydrogen-bond donors (Lipinski definition) is 4. The van der Waals surface area contributed by atoms with Gasteiger partial charge < -0.3 is 26.2 Å². The van der Waals surface area contributed by atoms with Crippen molar-refractivity contribution in [3.8, 4) is 12.3 Å². The summed E-state index contributed by atoms with van der Waals surface area (Å²) in [5.74, 6) is -0.362. The van der Waals surface area contributed by atoms with Crippen LogP contribution < -0.4 is 21.3 Å². The molecule has 0 radical (unpaired) electrons. The fraction of sp³-hybridized carbons (Fsp3) is 0.806. The lowest BCUT2D eigenvalue weighted by Crippen LogP contribution is -2.63. The van der Waals surface area contributed by atoms with E-state index < -0.39 is 57.3 Å². The fourth-order valence-electron chi connectivity index (χ4n) is 8.67. The van der Waals surface area contributed by atoms with Crippen molar-refractivity contribution in [3.05, 3.63) is 0 Å². The Morgan fingerprint density at radius 2 is 1.58 bits per heavy atom. The molecule has 4 aliphatic carbocycles. The number of amides is 5. The normalized spacial score (nSPS) is 26.9. The molecule has 4 saturated carbocycles. The van der Waals surface area contributed by atoms with Crippen LogP contribution in [-0.4, -0.2) is 103 Å². The van der Waals surface area contributed by atoms with Gasteiger partial charge in [0.25, 0.3) is 5.91 Å². The summed E-state index contributed by atoms with van der Waals surface area (Å²) in [5, 5.41) is 11.5. The molecule has 4 N–H and O–H groups in total. The van der Waals surface area contributed by atoms with Gasteiger partial charge in [-0.25, -0.2) is 17.5 Å². The Morgan fingerprint density at radius 3 is 2.18 bits per heavy atom. The summed E-state index contributed by atoms with van der Waals surface area (Å²) in [4.78, 5) is 70.0. The van der Waals surface area contributed by atoms with E-state index in [1.54, 1.807) is 4.90 Å². The Bertz CT molecular complexity index is 1470. The van der Waals surface area contributed by atoms with Gasteiger partial charge in [0.05, 0.1) is 17.3 Å². The van der Waals surface area contributed by atoms with Crippen molar-refractivity contribution in [2.75, 3.05) is 26.4 Å². The molecule has 0 aromatic heterocycles. The second-order valence-corrected chi connectivity index (χ2v) is 18.3. The highest BCUT2D eigenvalue weighted by atomic mass is 32.2. The van der Waals surface area contributed by atoms with E-state index in [-0.39, 0.29) is 53.7 Å². The number of hydrogen-bond acceptors (Lipinski definition) is 7. The summed E-state index contributed by atoms with van der Waals surface area (Å²) >= 11 is 0. The van der Waals surface area contributed by atoms with Gasteiger partial charge in [0.1, 0.15) is 12.1 Å². The molecule has 0 bridgehead atoms. The van der Waals surface area contributed by atoms with E-state index >= 15 is 0 Å². The predicted molar refractivity (Wildman–Crippen MR) is 188 cm³/mol. The zero-order valence-electron chi connectivity index (χ0n) is 30.1. The van der Waals surface area contributed by atoms with Crippen molar-refractivity contribution >= 4 is 39.6 Å². The highest BCUT2D eigenvalue weighted by Crippen LogP contribution is 2.65. The number of terminal acetylenes is 1. The lowest BCUT2D eigenvalue weighted by molar-refractivity contribution is -0.144. The first-order valence-electron chi connectivity index (χ1n) is 18.5. The van der Waals surface area contributed by atoms with Gasteiger partial charge in [-0.3, -0.25) is 19.2 Å². The number of ketones is 1. The molecule has 278 valence electrons. The Morgan fingerprint density at radius 1 is 0.940 bits per heavy atom. The number of Topliss-reactive ketones (excluding diaryl/α,β-unsaturated/α-hetero) is 1. The number of sulfonamides is 1. The Balaban J connectivity index is 1.36. The maximum absolute atomic E-state index is 14.6. The summed E-state index contributed by atoms with van der Waals surface area (Å²) < 4.78 is 27.2. The minimum absolute atomic E-state index is 0.0294. The van der Waals surface area contributed by atoms with Crippen LogP contribution in [0.1, 0.15) is 104 Å². The zero-order chi connectivity index (χ0) is 36.4. The second-order valence-electron chi connectivity index (χ2n) is 16.2. The highest BCUT2D eigenvalue weighted by Gasteiger charge is 2.69. The molecule has 0 aromatic rings. The molecule has 14 heteroatoms. The van der Waals surface area contributed by atoms with Gasteiger partial charge in [0.2, 0.25) is 27.6 Å². The van der Waals surface area contributed by atoms with Crippen LogP contribution in [0, 0.1) is 35.5 Å². The SMILES string of the molecule is C#CCC[C@H](NC(=O)[C@@H]1[C@@H]2[C@H](CN1C(=O)[C@@H](NC(=O)NC1(CS(=O)(=O)N(C)C)CCCCC1)C1CCCCC1)C2(C)C)C(=O)C(=O)NC1CC1. The molecule has 1 aliphatic heterocycles. The van der Waals surface area contributed by atoms with Gasteiger partial charge in [0.15, 0.2) is 0 Å². The molecular weight excluding hydrogens is 660 g/mol. The summed E-state index contributed by atoms with van der Waals surface area (Å²) in [6.45, 7) is 4.45. The molecule has 5 fully saturated rings. The van der Waals surface area contributed by atoms with Crippen LogP contribution in [0.5, 0.6) is 0 Å². The van der Waals surface area contributed by atoms with E-state index in [0.717, 1.165) is 64.2 Å². The van der Waals surface area contributed by atoms with Crippen LogP contribution in [-0.2, 0) is 29.2 Å². The van der Waals surface area contributed by atoms with Crippen LogP contribution in [0.15, 0.2) is 0 Å². The number of carbonyl (C=O) groups is 5. The van der Waals surface area contributed by atoms with Gasteiger partial charge in [0, 0.05) is 33.1 Å². The number of rotatable bonds is 14. The molecule has 50 heavy (non-hydrogen) atoms. The van der Waals surface area contributed by atoms with Crippen molar-refractivity contribution in [2.24, 2.45) is 23.2 Å². The third-order valence-corrected chi connectivity index (χ3v) is 14.0. The van der Waals surface area contributed by atoms with Crippen molar-refractivity contribution < 1.29 is 32.4 Å². The lowest BCUT2D eigenvalue weighted by Gasteiger charge is -2.40. The summed E-state index contributed by atoms with van der Waals surface area (Å²) in [6, 6.07) is -3.55. The monoisotopic (exact) mass is 716 g/mol. The lowest BCUT2D eigenvalue weighted by atomic mass is 9.82. The van der Waals surface area contributed by atoms with Gasteiger partial charge in [-0.1, -0.05) is 52.4 Å². The third-order valence-electron chi connectivity index (χ3n) is 12.0. The first-order valence-corrected chi connectivity index (χ1v) is 20.1. The molecular formula is C36H56N6O7S. The van der Waals surface area contributed by atoms with Gasteiger partial charge in [-0.05, 0) is 68.1 Å². The Kier molecular flexibility index (Phi) is 11.6. The molecule has 5 rings (SSSR count). The van der Waals surface area contributed by atoms with Crippen LogP contribution in [0.2, 0.25) is 0 Å². The minimum atomic E-state index is -3.63. The Hall–Kier alpha value is -3.18. The largest absolute Gasteiger partial charge is 0.347 e. The molecule has 5 amide bonds. The molecule has 5 aliphatic rings. The molecule has 1 saturated heterocycles. The number of nitrogens with zero attached hydrogens (tertiary/aromatic N) is 2. The zero-order valence-corrected chi connectivity index (χ0v) is 30.9. The van der Waals surface area contributed by atoms with Gasteiger partial charge >= 0.3 is 6.03 Å². The summed E-state index contributed by atoms with van der Waals surface area (Å²) in [6.07, 6.45) is 15.2. The van der Waals surface area contributed by atoms with Crippen LogP contribution in [0.3, 0.4) is 0 Å². The first-order chi connectivity index (χ1) is 23.6. The number of likely N-dealkylation sites (tertiary alicyclic amines) is 1. The van der Waals surface area contributed by atoms with E-state index in [0.29, 0.717) is 19.4 Å². The molecule has 5 atom stereocenters. The van der Waals surface area contributed by atoms with E-state index in [9.17, 15) is 32.4 Å². The van der Waals surface area contributed by atoms with E-state index in [2.05, 4.69) is 41.0 Å². The van der Waals surface area contributed by atoms with E-state index in [1.165, 1.54) is 18.4 Å². The van der Waals surface area contributed by atoms with Crippen LogP contribution in [0.4, 0.5) is 4.79 Å². The summed E-state index contributed by atoms with van der Waals surface area (Å²) in [5.41, 5.74) is -1.17. The first kappa shape index (κ1) is 38.1. The number of fused-ring (bicyclic) bond motifs is 1. The third kappa shape index (κ3) is 8.47. The van der Waals surface area contributed by atoms with Crippen LogP contribution in [0.25, 0.3) is 0 Å². The highest BCUT2D eigenvalue weighted by molar-refractivity contribution is 7.89. The number of piperidine rings is 1. The smallest absolute Gasteiger partial charge is 0.315 e. The number of carbonyl (C=O) groups excluding carboxylic acids is 5. The fourth-order valence-corrected chi connectivity index (χ4v) is 9.98. The topological polar surface area (TPSA) is 174 Å². The maximum atomic E-state index is 14.6. The second kappa shape index (κ2) is 15.2. The number of nitrogens with one attached hydrogen (secondary N) is 4. The average molecular weight is 717 g/mol. The van der Waals surface area contributed by atoms with Crippen LogP contribution >= 0.6 is 0 Å².